The second-order valence-corrected chi connectivity index (χ2v) is 15.6. The zero-order chi connectivity index (χ0) is 23.8. The van der Waals surface area contributed by atoms with Crippen LogP contribution < -0.4 is 0 Å². The van der Waals surface area contributed by atoms with Gasteiger partial charge >= 0.3 is 0 Å². The standard InChI is InChI=1S/C28H58P2S/c1-10-24(11-2)18-29(19-25(12-3)13-4)22-28(31)23(9)30(20-26(14-5)15-6)21-27(16-7)17-8/h23-27H,10-22H2,1-9H3. The largest absolute Gasteiger partial charge is 0.101 e. The lowest BCUT2D eigenvalue weighted by Crippen LogP contribution is -2.24. The maximum Gasteiger partial charge on any atom is 0.00809 e. The molecule has 1 atom stereocenters. The van der Waals surface area contributed by atoms with Gasteiger partial charge < -0.3 is 0 Å². The number of hydrogen-bond donors (Lipinski definition) is 0. The van der Waals surface area contributed by atoms with Crippen molar-refractivity contribution in [2.45, 2.75) is 119 Å². The summed E-state index contributed by atoms with van der Waals surface area (Å²) in [5, 5.41) is 0. The second kappa shape index (κ2) is 19.3. The predicted octanol–water partition coefficient (Wildman–Crippen LogP) is 10.5. The van der Waals surface area contributed by atoms with E-state index < -0.39 is 0 Å². The Balaban J connectivity index is 5.42. The Morgan fingerprint density at radius 1 is 0.548 bits per heavy atom. The smallest absolute Gasteiger partial charge is 0.00809 e. The first-order valence-corrected chi connectivity index (χ1v) is 17.9. The van der Waals surface area contributed by atoms with Crippen molar-refractivity contribution < 1.29 is 0 Å². The molecule has 0 saturated carbocycles. The Bertz CT molecular complexity index is 395. The third kappa shape index (κ3) is 12.8. The molecule has 1 unspecified atom stereocenters. The molecule has 0 rings (SSSR count). The summed E-state index contributed by atoms with van der Waals surface area (Å²) in [6.07, 6.45) is 17.9. The molecule has 0 saturated heterocycles. The fraction of sp³-hybridized carbons (Fsp3) is 0.964. The minimum atomic E-state index is 0.0201. The van der Waals surface area contributed by atoms with Crippen LogP contribution in [0.1, 0.15) is 114 Å². The molecule has 0 aliphatic rings. The van der Waals surface area contributed by atoms with E-state index in [1.807, 2.05) is 0 Å². The van der Waals surface area contributed by atoms with Gasteiger partial charge in [0.05, 0.1) is 0 Å². The van der Waals surface area contributed by atoms with Crippen LogP contribution in [0.4, 0.5) is 0 Å². The van der Waals surface area contributed by atoms with Gasteiger partial charge in [0.2, 0.25) is 0 Å². The van der Waals surface area contributed by atoms with E-state index in [0.717, 1.165) is 23.7 Å². The summed E-state index contributed by atoms with van der Waals surface area (Å²) >= 11 is 6.26. The van der Waals surface area contributed by atoms with Crippen LogP contribution in [0.3, 0.4) is 0 Å². The molecule has 0 fully saturated rings. The molecule has 0 aromatic heterocycles. The Morgan fingerprint density at radius 2 is 0.839 bits per heavy atom. The Hall–Kier alpha value is 0.950. The second-order valence-electron chi connectivity index (χ2n) is 10.0. The van der Waals surface area contributed by atoms with Gasteiger partial charge in [-0.15, -0.1) is 7.92 Å². The molecule has 0 aromatic rings. The normalized spacial score (nSPS) is 13.5. The van der Waals surface area contributed by atoms with Crippen LogP contribution >= 0.6 is 28.1 Å². The number of rotatable bonds is 20. The van der Waals surface area contributed by atoms with Crippen LogP contribution in [-0.2, 0) is 0 Å². The topological polar surface area (TPSA) is 0 Å². The van der Waals surface area contributed by atoms with Gasteiger partial charge in [-0.25, -0.2) is 0 Å². The molecule has 0 bridgehead atoms. The minimum absolute atomic E-state index is 0.0201. The van der Waals surface area contributed by atoms with Crippen LogP contribution in [0.15, 0.2) is 0 Å². The van der Waals surface area contributed by atoms with Gasteiger partial charge in [0.15, 0.2) is 0 Å². The fourth-order valence-corrected chi connectivity index (χ4v) is 13.1. The van der Waals surface area contributed by atoms with Gasteiger partial charge in [-0.3, -0.25) is 0 Å². The van der Waals surface area contributed by atoms with Crippen LogP contribution in [0, 0.1) is 23.7 Å². The average molecular weight is 489 g/mol. The van der Waals surface area contributed by atoms with Crippen molar-refractivity contribution >= 4 is 32.9 Å². The summed E-state index contributed by atoms with van der Waals surface area (Å²) < 4.78 is 0. The van der Waals surface area contributed by atoms with E-state index in [2.05, 4.69) is 62.3 Å². The SMILES string of the molecule is CCC(CC)CP(CC(=S)C(C)P(CC(CC)CC)CC(CC)CC)CC(CC)CC. The summed E-state index contributed by atoms with van der Waals surface area (Å²) in [5.74, 6) is 3.63. The van der Waals surface area contributed by atoms with E-state index in [4.69, 9.17) is 12.2 Å². The minimum Gasteiger partial charge on any atom is -0.101 e. The Morgan fingerprint density at radius 3 is 1.13 bits per heavy atom. The first kappa shape index (κ1) is 31.9. The molecule has 0 spiro atoms. The lowest BCUT2D eigenvalue weighted by atomic mass is 10.1. The first-order valence-electron chi connectivity index (χ1n) is 13.8. The van der Waals surface area contributed by atoms with Gasteiger partial charge in [0.1, 0.15) is 0 Å². The lowest BCUT2D eigenvalue weighted by Gasteiger charge is -2.33. The third-order valence-corrected chi connectivity index (χ3v) is 15.1. The molecule has 0 radical (unpaired) electrons. The van der Waals surface area contributed by atoms with Crippen molar-refractivity contribution in [3.63, 3.8) is 0 Å². The summed E-state index contributed by atoms with van der Waals surface area (Å²) in [4.78, 5) is 1.46. The van der Waals surface area contributed by atoms with Gasteiger partial charge in [-0.2, -0.15) is 0 Å². The van der Waals surface area contributed by atoms with E-state index >= 15 is 0 Å². The summed E-state index contributed by atoms with van der Waals surface area (Å²) in [7, 11) is 0.0748. The zero-order valence-corrected chi connectivity index (χ0v) is 25.5. The highest BCUT2D eigenvalue weighted by Crippen LogP contribution is 2.50. The van der Waals surface area contributed by atoms with Crippen molar-refractivity contribution in [2.75, 3.05) is 30.8 Å². The van der Waals surface area contributed by atoms with Crippen LogP contribution in [0.5, 0.6) is 0 Å². The maximum atomic E-state index is 6.26. The fourth-order valence-electron chi connectivity index (χ4n) is 4.73. The van der Waals surface area contributed by atoms with E-state index in [9.17, 15) is 0 Å². The highest BCUT2D eigenvalue weighted by molar-refractivity contribution is 7.83. The lowest BCUT2D eigenvalue weighted by molar-refractivity contribution is 0.533. The van der Waals surface area contributed by atoms with Crippen molar-refractivity contribution in [3.8, 4) is 0 Å². The molecule has 0 aliphatic heterocycles. The molecule has 0 amide bonds. The van der Waals surface area contributed by atoms with E-state index in [-0.39, 0.29) is 15.8 Å². The molecule has 0 aliphatic carbocycles. The highest BCUT2D eigenvalue weighted by Gasteiger charge is 2.27. The van der Waals surface area contributed by atoms with Crippen LogP contribution in [-0.4, -0.2) is 41.3 Å². The van der Waals surface area contributed by atoms with Crippen LogP contribution in [0.2, 0.25) is 0 Å². The molecule has 0 nitrogen and oxygen atoms in total. The zero-order valence-electron chi connectivity index (χ0n) is 22.9. The van der Waals surface area contributed by atoms with Crippen molar-refractivity contribution in [3.05, 3.63) is 0 Å². The van der Waals surface area contributed by atoms with E-state index in [1.165, 1.54) is 87.0 Å². The molecule has 31 heavy (non-hydrogen) atoms. The molecule has 0 aromatic carbocycles. The molecular weight excluding hydrogens is 430 g/mol. The monoisotopic (exact) mass is 488 g/mol. The predicted molar refractivity (Wildman–Crippen MR) is 157 cm³/mol. The van der Waals surface area contributed by atoms with E-state index in [0.29, 0.717) is 5.66 Å². The third-order valence-electron chi connectivity index (χ3n) is 8.03. The van der Waals surface area contributed by atoms with Gasteiger partial charge in [0.25, 0.3) is 0 Å². The van der Waals surface area contributed by atoms with Crippen molar-refractivity contribution in [2.24, 2.45) is 23.7 Å². The quantitative estimate of drug-likeness (QED) is 0.121. The van der Waals surface area contributed by atoms with Gasteiger partial charge in [0, 0.05) is 10.5 Å². The van der Waals surface area contributed by atoms with E-state index in [1.54, 1.807) is 0 Å². The van der Waals surface area contributed by atoms with Gasteiger partial charge in [-0.05, 0) is 54.5 Å². The molecule has 3 heteroatoms. The summed E-state index contributed by atoms with van der Waals surface area (Å²) in [6.45, 7) is 21.7. The van der Waals surface area contributed by atoms with Crippen LogP contribution in [0.25, 0.3) is 0 Å². The number of hydrogen-bond acceptors (Lipinski definition) is 1. The van der Waals surface area contributed by atoms with Crippen molar-refractivity contribution in [1.82, 2.24) is 0 Å². The summed E-state index contributed by atoms with van der Waals surface area (Å²) in [5.41, 5.74) is 0.680. The molecule has 0 heterocycles. The number of thiocarbonyl (C=S) groups is 1. The van der Waals surface area contributed by atoms with Gasteiger partial charge in [-0.1, -0.05) is 134 Å². The Labute approximate surface area is 206 Å². The maximum absolute atomic E-state index is 6.26. The molecule has 186 valence electrons. The highest BCUT2D eigenvalue weighted by atomic mass is 32.1. The summed E-state index contributed by atoms with van der Waals surface area (Å²) in [6, 6.07) is 0. The molecule has 0 N–H and O–H groups in total. The average Bonchev–Trinajstić information content (AvgIpc) is 2.80. The van der Waals surface area contributed by atoms with Crippen molar-refractivity contribution in [1.29, 1.82) is 0 Å². The molecular formula is C28H58P2S. The Kier molecular flexibility index (Phi) is 19.9. The first-order chi connectivity index (χ1) is 14.8.